The molecule has 0 spiro atoms. The SMILES string of the molecule is Cc1cccc(CSCC(=O)NC(C)(C)C)c1. The van der Waals surface area contributed by atoms with Crippen molar-refractivity contribution in [2.24, 2.45) is 0 Å². The van der Waals surface area contributed by atoms with Crippen LogP contribution in [-0.4, -0.2) is 17.2 Å². The van der Waals surface area contributed by atoms with Crippen molar-refractivity contribution in [1.82, 2.24) is 5.32 Å². The zero-order valence-electron chi connectivity index (χ0n) is 11.0. The Morgan fingerprint density at radius 1 is 1.35 bits per heavy atom. The highest BCUT2D eigenvalue weighted by atomic mass is 32.2. The van der Waals surface area contributed by atoms with E-state index in [-0.39, 0.29) is 11.4 Å². The lowest BCUT2D eigenvalue weighted by molar-refractivity contribution is -0.119. The topological polar surface area (TPSA) is 29.1 Å². The fourth-order valence-corrected chi connectivity index (χ4v) is 2.29. The Morgan fingerprint density at radius 3 is 2.65 bits per heavy atom. The summed E-state index contributed by atoms with van der Waals surface area (Å²) in [5.74, 6) is 1.51. The van der Waals surface area contributed by atoms with Crippen LogP contribution >= 0.6 is 11.8 Å². The summed E-state index contributed by atoms with van der Waals surface area (Å²) >= 11 is 1.65. The first-order valence-corrected chi connectivity index (χ1v) is 6.96. The molecule has 1 aromatic carbocycles. The van der Waals surface area contributed by atoms with Gasteiger partial charge in [-0.15, -0.1) is 11.8 Å². The van der Waals surface area contributed by atoms with Gasteiger partial charge in [0.1, 0.15) is 0 Å². The van der Waals surface area contributed by atoms with Crippen LogP contribution in [0, 0.1) is 6.92 Å². The molecule has 1 aromatic rings. The van der Waals surface area contributed by atoms with E-state index in [0.29, 0.717) is 5.75 Å². The third-order valence-corrected chi connectivity index (χ3v) is 3.10. The molecule has 0 radical (unpaired) electrons. The fourth-order valence-electron chi connectivity index (χ4n) is 1.52. The van der Waals surface area contributed by atoms with Crippen molar-refractivity contribution in [2.45, 2.75) is 39.0 Å². The van der Waals surface area contributed by atoms with Crippen LogP contribution in [0.2, 0.25) is 0 Å². The molecule has 0 atom stereocenters. The van der Waals surface area contributed by atoms with Gasteiger partial charge in [0.25, 0.3) is 0 Å². The number of hydrogen-bond acceptors (Lipinski definition) is 2. The highest BCUT2D eigenvalue weighted by molar-refractivity contribution is 7.99. The van der Waals surface area contributed by atoms with Gasteiger partial charge in [0, 0.05) is 11.3 Å². The predicted molar refractivity (Wildman–Crippen MR) is 75.2 cm³/mol. The molecule has 0 saturated carbocycles. The maximum Gasteiger partial charge on any atom is 0.230 e. The molecular weight excluding hydrogens is 230 g/mol. The van der Waals surface area contributed by atoms with Crippen LogP contribution in [0.5, 0.6) is 0 Å². The van der Waals surface area contributed by atoms with Gasteiger partial charge < -0.3 is 5.32 Å². The summed E-state index contributed by atoms with van der Waals surface area (Å²) in [5, 5.41) is 2.96. The van der Waals surface area contributed by atoms with Gasteiger partial charge in [-0.25, -0.2) is 0 Å². The maximum absolute atomic E-state index is 11.6. The first kappa shape index (κ1) is 14.1. The van der Waals surface area contributed by atoms with Crippen LogP contribution < -0.4 is 5.32 Å². The molecule has 17 heavy (non-hydrogen) atoms. The molecule has 0 aliphatic heterocycles. The van der Waals surface area contributed by atoms with E-state index in [9.17, 15) is 4.79 Å². The molecule has 0 bridgehead atoms. The van der Waals surface area contributed by atoms with Gasteiger partial charge >= 0.3 is 0 Å². The number of hydrogen-bond donors (Lipinski definition) is 1. The normalized spacial score (nSPS) is 11.3. The summed E-state index contributed by atoms with van der Waals surface area (Å²) in [6.45, 7) is 8.07. The van der Waals surface area contributed by atoms with Crippen LogP contribution in [0.4, 0.5) is 0 Å². The number of rotatable bonds is 4. The van der Waals surface area contributed by atoms with E-state index in [1.807, 2.05) is 20.8 Å². The van der Waals surface area contributed by atoms with Gasteiger partial charge in [0.2, 0.25) is 5.91 Å². The molecule has 0 aliphatic carbocycles. The second-order valence-electron chi connectivity index (χ2n) is 5.28. The van der Waals surface area contributed by atoms with Crippen molar-refractivity contribution in [3.05, 3.63) is 35.4 Å². The first-order valence-electron chi connectivity index (χ1n) is 5.81. The smallest absolute Gasteiger partial charge is 0.230 e. The van der Waals surface area contributed by atoms with Gasteiger partial charge in [0.15, 0.2) is 0 Å². The predicted octanol–water partition coefficient (Wildman–Crippen LogP) is 3.14. The van der Waals surface area contributed by atoms with Gasteiger partial charge in [-0.3, -0.25) is 4.79 Å². The summed E-state index contributed by atoms with van der Waals surface area (Å²) in [6.07, 6.45) is 0. The van der Waals surface area contributed by atoms with E-state index in [2.05, 4.69) is 36.5 Å². The summed E-state index contributed by atoms with van der Waals surface area (Å²) in [5.41, 5.74) is 2.40. The number of amides is 1. The van der Waals surface area contributed by atoms with Crippen LogP contribution in [0.3, 0.4) is 0 Å². The second kappa shape index (κ2) is 6.10. The lowest BCUT2D eigenvalue weighted by atomic mass is 10.1. The summed E-state index contributed by atoms with van der Waals surface area (Å²) < 4.78 is 0. The second-order valence-corrected chi connectivity index (χ2v) is 6.27. The van der Waals surface area contributed by atoms with Crippen molar-refractivity contribution in [1.29, 1.82) is 0 Å². The Bertz CT molecular complexity index is 382. The molecule has 0 aliphatic rings. The van der Waals surface area contributed by atoms with Crippen LogP contribution in [0.25, 0.3) is 0 Å². The highest BCUT2D eigenvalue weighted by Crippen LogP contribution is 2.13. The summed E-state index contributed by atoms with van der Waals surface area (Å²) in [6, 6.07) is 8.40. The van der Waals surface area contributed by atoms with E-state index in [0.717, 1.165) is 5.75 Å². The Morgan fingerprint density at radius 2 is 2.06 bits per heavy atom. The third kappa shape index (κ3) is 6.37. The summed E-state index contributed by atoms with van der Waals surface area (Å²) in [7, 11) is 0. The third-order valence-electron chi connectivity index (χ3n) is 2.10. The van der Waals surface area contributed by atoms with E-state index >= 15 is 0 Å². The number of thioether (sulfide) groups is 1. The standard InChI is InChI=1S/C14H21NOS/c1-11-6-5-7-12(8-11)9-17-10-13(16)15-14(2,3)4/h5-8H,9-10H2,1-4H3,(H,15,16). The monoisotopic (exact) mass is 251 g/mol. The van der Waals surface area contributed by atoms with Crippen LogP contribution in [0.1, 0.15) is 31.9 Å². The lowest BCUT2D eigenvalue weighted by Crippen LogP contribution is -2.41. The summed E-state index contributed by atoms with van der Waals surface area (Å²) in [4.78, 5) is 11.6. The van der Waals surface area contributed by atoms with E-state index in [4.69, 9.17) is 0 Å². The number of benzene rings is 1. The number of carbonyl (C=O) groups is 1. The molecule has 1 rings (SSSR count). The molecule has 3 heteroatoms. The van der Waals surface area contributed by atoms with Gasteiger partial charge in [-0.05, 0) is 33.3 Å². The van der Waals surface area contributed by atoms with Crippen molar-refractivity contribution in [3.63, 3.8) is 0 Å². The van der Waals surface area contributed by atoms with Gasteiger partial charge in [-0.1, -0.05) is 29.8 Å². The lowest BCUT2D eigenvalue weighted by Gasteiger charge is -2.20. The molecule has 0 aromatic heterocycles. The zero-order chi connectivity index (χ0) is 12.9. The number of carbonyl (C=O) groups excluding carboxylic acids is 1. The average Bonchev–Trinajstić information content (AvgIpc) is 2.14. The molecule has 0 unspecified atom stereocenters. The highest BCUT2D eigenvalue weighted by Gasteiger charge is 2.13. The Kier molecular flexibility index (Phi) is 5.06. The fraction of sp³-hybridized carbons (Fsp3) is 0.500. The average molecular weight is 251 g/mol. The van der Waals surface area contributed by atoms with Crippen LogP contribution in [0.15, 0.2) is 24.3 Å². The van der Waals surface area contributed by atoms with Gasteiger partial charge in [-0.2, -0.15) is 0 Å². The Hall–Kier alpha value is -0.960. The number of aryl methyl sites for hydroxylation is 1. The van der Waals surface area contributed by atoms with Crippen molar-refractivity contribution in [3.8, 4) is 0 Å². The molecule has 0 saturated heterocycles. The van der Waals surface area contributed by atoms with Crippen molar-refractivity contribution in [2.75, 3.05) is 5.75 Å². The largest absolute Gasteiger partial charge is 0.351 e. The molecule has 94 valence electrons. The van der Waals surface area contributed by atoms with E-state index in [1.54, 1.807) is 11.8 Å². The first-order chi connectivity index (χ1) is 7.87. The maximum atomic E-state index is 11.6. The quantitative estimate of drug-likeness (QED) is 0.890. The van der Waals surface area contributed by atoms with Crippen molar-refractivity contribution >= 4 is 17.7 Å². The minimum absolute atomic E-state index is 0.107. The van der Waals surface area contributed by atoms with Crippen molar-refractivity contribution < 1.29 is 4.79 Å². The van der Waals surface area contributed by atoms with Gasteiger partial charge in [0.05, 0.1) is 5.75 Å². The molecule has 0 fully saturated rings. The minimum Gasteiger partial charge on any atom is -0.351 e. The van der Waals surface area contributed by atoms with E-state index in [1.165, 1.54) is 11.1 Å². The molecule has 1 amide bonds. The van der Waals surface area contributed by atoms with Crippen LogP contribution in [-0.2, 0) is 10.5 Å². The Labute approximate surface area is 108 Å². The minimum atomic E-state index is -0.138. The molecule has 0 heterocycles. The zero-order valence-corrected chi connectivity index (χ0v) is 11.9. The Balaban J connectivity index is 2.31. The van der Waals surface area contributed by atoms with E-state index < -0.39 is 0 Å². The molecule has 1 N–H and O–H groups in total. The molecule has 2 nitrogen and oxygen atoms in total. The molecular formula is C14H21NOS. The number of nitrogens with one attached hydrogen (secondary N) is 1.